The summed E-state index contributed by atoms with van der Waals surface area (Å²) < 4.78 is 1.92. The Bertz CT molecular complexity index is 1330. The Kier molecular flexibility index (Phi) is 6.90. The lowest BCUT2D eigenvalue weighted by molar-refractivity contribution is -0.120. The number of hydrogen-bond acceptors (Lipinski definition) is 3. The first-order valence-electron chi connectivity index (χ1n) is 12.8. The molecule has 0 saturated heterocycles. The number of carbonyl (C=O) groups is 1. The second-order valence-corrected chi connectivity index (χ2v) is 9.99. The van der Waals surface area contributed by atoms with Gasteiger partial charge in [0.2, 0.25) is 5.91 Å². The van der Waals surface area contributed by atoms with Crippen molar-refractivity contribution < 1.29 is 9.90 Å². The second kappa shape index (κ2) is 10.4. The van der Waals surface area contributed by atoms with Crippen LogP contribution in [0.1, 0.15) is 66.3 Å². The fraction of sp³-hybridized carbons (Fsp3) is 0.290. The zero-order valence-electron chi connectivity index (χ0n) is 21.0. The van der Waals surface area contributed by atoms with Crippen molar-refractivity contribution in [2.45, 2.75) is 58.0 Å². The van der Waals surface area contributed by atoms with Gasteiger partial charge in [-0.05, 0) is 65.6 Å². The van der Waals surface area contributed by atoms with Gasteiger partial charge in [-0.2, -0.15) is 5.10 Å². The van der Waals surface area contributed by atoms with Crippen LogP contribution in [-0.4, -0.2) is 20.8 Å². The van der Waals surface area contributed by atoms with Gasteiger partial charge < -0.3 is 10.0 Å². The van der Waals surface area contributed by atoms with E-state index in [9.17, 15) is 9.90 Å². The van der Waals surface area contributed by atoms with Crippen LogP contribution in [0.4, 0.5) is 5.69 Å². The molecule has 5 heteroatoms. The van der Waals surface area contributed by atoms with Crippen molar-refractivity contribution in [3.63, 3.8) is 0 Å². The highest BCUT2D eigenvalue weighted by atomic mass is 16.3. The number of phenols is 1. The molecule has 184 valence electrons. The Labute approximate surface area is 213 Å². The van der Waals surface area contributed by atoms with Crippen molar-refractivity contribution >= 4 is 11.6 Å². The van der Waals surface area contributed by atoms with Crippen LogP contribution in [0.2, 0.25) is 0 Å². The van der Waals surface area contributed by atoms with Gasteiger partial charge in [-0.3, -0.25) is 9.48 Å². The molecule has 0 saturated carbocycles. The van der Waals surface area contributed by atoms with Crippen LogP contribution in [0.15, 0.2) is 85.2 Å². The summed E-state index contributed by atoms with van der Waals surface area (Å²) in [5, 5.41) is 15.0. The van der Waals surface area contributed by atoms with Crippen molar-refractivity contribution in [1.82, 2.24) is 9.78 Å². The molecule has 0 radical (unpaired) electrons. The highest BCUT2D eigenvalue weighted by Crippen LogP contribution is 2.38. The maximum atomic E-state index is 14.1. The minimum absolute atomic E-state index is 0.0645. The molecular formula is C31H33N3O2. The van der Waals surface area contributed by atoms with E-state index in [1.54, 1.807) is 6.07 Å². The standard InChI is InChI=1S/C31H33N3O2/c1-22(2)25-14-16-26(17-15-25)34(21-24-18-32-33(20-24)19-23-8-4-3-5-9-23)31(36)29-12-6-11-28-27(29)10-7-13-30(28)35/h3-5,7-10,13-18,20,22,29,35H,6,11-12,19,21H2,1-2H3. The molecule has 0 aliphatic heterocycles. The first kappa shape index (κ1) is 23.9. The maximum absolute atomic E-state index is 14.1. The molecule has 36 heavy (non-hydrogen) atoms. The third-order valence-electron chi connectivity index (χ3n) is 7.13. The summed E-state index contributed by atoms with van der Waals surface area (Å²) >= 11 is 0. The first-order chi connectivity index (χ1) is 17.5. The molecule has 4 aromatic rings. The van der Waals surface area contributed by atoms with Gasteiger partial charge in [0.25, 0.3) is 0 Å². The first-order valence-corrected chi connectivity index (χ1v) is 12.8. The summed E-state index contributed by atoms with van der Waals surface area (Å²) in [6, 6.07) is 24.1. The number of benzene rings is 3. The minimum Gasteiger partial charge on any atom is -0.508 e. The number of amides is 1. The van der Waals surface area contributed by atoms with Gasteiger partial charge in [-0.25, -0.2) is 0 Å². The summed E-state index contributed by atoms with van der Waals surface area (Å²) in [4.78, 5) is 16.0. The molecule has 1 atom stereocenters. The highest BCUT2D eigenvalue weighted by molar-refractivity contribution is 5.98. The van der Waals surface area contributed by atoms with E-state index in [2.05, 4.69) is 43.2 Å². The molecule has 1 heterocycles. The van der Waals surface area contributed by atoms with Gasteiger partial charge in [0.15, 0.2) is 0 Å². The van der Waals surface area contributed by atoms with Gasteiger partial charge in [-0.15, -0.1) is 0 Å². The van der Waals surface area contributed by atoms with Crippen molar-refractivity contribution in [3.8, 4) is 5.75 Å². The van der Waals surface area contributed by atoms with Crippen LogP contribution in [0.3, 0.4) is 0 Å². The number of nitrogens with zero attached hydrogens (tertiary/aromatic N) is 3. The zero-order valence-corrected chi connectivity index (χ0v) is 21.0. The van der Waals surface area contributed by atoms with Crippen LogP contribution in [0.5, 0.6) is 5.75 Å². The lowest BCUT2D eigenvalue weighted by atomic mass is 9.81. The Morgan fingerprint density at radius 1 is 1.03 bits per heavy atom. The molecular weight excluding hydrogens is 446 g/mol. The lowest BCUT2D eigenvalue weighted by Gasteiger charge is -2.31. The molecule has 1 aromatic heterocycles. The molecule has 1 aliphatic rings. The Balaban J connectivity index is 1.45. The van der Waals surface area contributed by atoms with E-state index in [0.29, 0.717) is 24.8 Å². The van der Waals surface area contributed by atoms with Gasteiger partial charge >= 0.3 is 0 Å². The van der Waals surface area contributed by atoms with Crippen molar-refractivity contribution in [2.75, 3.05) is 4.90 Å². The van der Waals surface area contributed by atoms with E-state index >= 15 is 0 Å². The van der Waals surface area contributed by atoms with Crippen LogP contribution < -0.4 is 4.90 Å². The third-order valence-corrected chi connectivity index (χ3v) is 7.13. The molecule has 1 unspecified atom stereocenters. The predicted octanol–water partition coefficient (Wildman–Crippen LogP) is 6.41. The minimum atomic E-state index is -0.273. The van der Waals surface area contributed by atoms with Crippen molar-refractivity contribution in [2.24, 2.45) is 0 Å². The second-order valence-electron chi connectivity index (χ2n) is 9.99. The van der Waals surface area contributed by atoms with Crippen molar-refractivity contribution in [1.29, 1.82) is 0 Å². The summed E-state index contributed by atoms with van der Waals surface area (Å²) in [7, 11) is 0. The average Bonchev–Trinajstić information content (AvgIpc) is 3.34. The number of hydrogen-bond donors (Lipinski definition) is 1. The third kappa shape index (κ3) is 5.06. The predicted molar refractivity (Wildman–Crippen MR) is 143 cm³/mol. The quantitative estimate of drug-likeness (QED) is 0.333. The molecule has 5 rings (SSSR count). The molecule has 1 N–H and O–H groups in total. The van der Waals surface area contributed by atoms with Crippen LogP contribution >= 0.6 is 0 Å². The summed E-state index contributed by atoms with van der Waals surface area (Å²) in [5.41, 5.74) is 6.16. The van der Waals surface area contributed by atoms with Gasteiger partial charge in [0.1, 0.15) is 5.75 Å². The van der Waals surface area contributed by atoms with Gasteiger partial charge in [0, 0.05) is 17.4 Å². The average molecular weight is 480 g/mol. The van der Waals surface area contributed by atoms with E-state index < -0.39 is 0 Å². The summed E-state index contributed by atoms with van der Waals surface area (Å²) in [5.74, 6) is 0.507. The number of anilines is 1. The molecule has 1 amide bonds. The van der Waals surface area contributed by atoms with Gasteiger partial charge in [-0.1, -0.05) is 68.4 Å². The molecule has 5 nitrogen and oxygen atoms in total. The van der Waals surface area contributed by atoms with E-state index in [4.69, 9.17) is 0 Å². The summed E-state index contributed by atoms with van der Waals surface area (Å²) in [6.45, 7) is 5.47. The van der Waals surface area contributed by atoms with Crippen LogP contribution in [0.25, 0.3) is 0 Å². The number of phenolic OH excluding ortho intramolecular Hbond substituents is 1. The molecule has 1 aliphatic carbocycles. The maximum Gasteiger partial charge on any atom is 0.234 e. The van der Waals surface area contributed by atoms with Crippen LogP contribution in [-0.2, 0) is 24.3 Å². The summed E-state index contributed by atoms with van der Waals surface area (Å²) in [6.07, 6.45) is 6.35. The fourth-order valence-electron chi connectivity index (χ4n) is 5.14. The SMILES string of the molecule is CC(C)c1ccc(N(Cc2cnn(Cc3ccccc3)c2)C(=O)C2CCCc3c(O)cccc32)cc1. The number of aromatic hydroxyl groups is 1. The fourth-order valence-corrected chi connectivity index (χ4v) is 5.14. The largest absolute Gasteiger partial charge is 0.508 e. The molecule has 3 aromatic carbocycles. The van der Waals surface area contributed by atoms with Crippen molar-refractivity contribution in [3.05, 3.63) is 113 Å². The van der Waals surface area contributed by atoms with Gasteiger partial charge in [0.05, 0.1) is 25.2 Å². The van der Waals surface area contributed by atoms with E-state index in [1.165, 1.54) is 11.1 Å². The molecule has 0 fully saturated rings. The van der Waals surface area contributed by atoms with E-state index in [0.717, 1.165) is 41.6 Å². The monoisotopic (exact) mass is 479 g/mol. The Morgan fingerprint density at radius 2 is 1.81 bits per heavy atom. The van der Waals surface area contributed by atoms with Crippen LogP contribution in [0, 0.1) is 0 Å². The topological polar surface area (TPSA) is 58.4 Å². The molecule has 0 bridgehead atoms. The molecule has 0 spiro atoms. The highest BCUT2D eigenvalue weighted by Gasteiger charge is 2.32. The lowest BCUT2D eigenvalue weighted by Crippen LogP contribution is -2.36. The Hall–Kier alpha value is -3.86. The Morgan fingerprint density at radius 3 is 2.56 bits per heavy atom. The zero-order chi connectivity index (χ0) is 25.1. The van der Waals surface area contributed by atoms with E-state index in [-0.39, 0.29) is 11.8 Å². The number of fused-ring (bicyclic) bond motifs is 1. The smallest absolute Gasteiger partial charge is 0.234 e. The number of carbonyl (C=O) groups excluding carboxylic acids is 1. The van der Waals surface area contributed by atoms with E-state index in [1.807, 2.05) is 64.4 Å². The normalized spacial score (nSPS) is 15.0. The number of aromatic nitrogens is 2. The number of rotatable bonds is 7.